The van der Waals surface area contributed by atoms with Crippen molar-refractivity contribution in [2.45, 2.75) is 12.5 Å². The van der Waals surface area contributed by atoms with Crippen LogP contribution in [0.1, 0.15) is 5.56 Å². The third-order valence-electron chi connectivity index (χ3n) is 2.56. The molecule has 0 fully saturated rings. The molecule has 0 spiro atoms. The quantitative estimate of drug-likeness (QED) is 0.702. The number of rotatable bonds is 6. The number of hydrogen-bond donors (Lipinski definition) is 2. The predicted molar refractivity (Wildman–Crippen MR) is 67.7 cm³/mol. The highest BCUT2D eigenvalue weighted by atomic mass is 16.5. The molecule has 1 amide bonds. The number of carbonyl (C=O) groups is 2. The maximum atomic E-state index is 11.5. The van der Waals surface area contributed by atoms with Crippen LogP contribution in [-0.2, 0) is 20.7 Å². The molecule has 6 nitrogen and oxygen atoms in total. The standard InChI is InChI=1S/C13H17NO5/c1-18-10-5-3-9(4-6-10)7-11(13(17)19-2)14-12(16)8-15/h3-6,11,15H,7-8H2,1-2H3,(H,14,16)/t11-/m1/s1. The number of esters is 1. The highest BCUT2D eigenvalue weighted by molar-refractivity contribution is 5.85. The predicted octanol–water partition coefficient (Wildman–Crippen LogP) is -0.112. The molecule has 0 radical (unpaired) electrons. The van der Waals surface area contributed by atoms with Crippen LogP contribution in [0, 0.1) is 0 Å². The number of ether oxygens (including phenoxy) is 2. The van der Waals surface area contributed by atoms with Crippen molar-refractivity contribution in [1.29, 1.82) is 0 Å². The summed E-state index contributed by atoms with van der Waals surface area (Å²) in [7, 11) is 2.81. The van der Waals surface area contributed by atoms with Gasteiger partial charge in [-0.05, 0) is 17.7 Å². The molecule has 0 heterocycles. The van der Waals surface area contributed by atoms with Crippen LogP contribution in [0.4, 0.5) is 0 Å². The van der Waals surface area contributed by atoms with E-state index in [0.29, 0.717) is 5.75 Å². The van der Waals surface area contributed by atoms with Crippen molar-refractivity contribution < 1.29 is 24.2 Å². The fourth-order valence-electron chi connectivity index (χ4n) is 1.57. The Bertz CT molecular complexity index is 429. The first-order chi connectivity index (χ1) is 9.10. The maximum Gasteiger partial charge on any atom is 0.328 e. The molecule has 1 aromatic carbocycles. The molecule has 0 aliphatic heterocycles. The van der Waals surface area contributed by atoms with Crippen molar-refractivity contribution in [2.24, 2.45) is 0 Å². The van der Waals surface area contributed by atoms with Crippen LogP contribution in [-0.4, -0.2) is 43.9 Å². The lowest BCUT2D eigenvalue weighted by Crippen LogP contribution is -2.44. The molecule has 104 valence electrons. The number of aliphatic hydroxyl groups excluding tert-OH is 1. The summed E-state index contributed by atoms with van der Waals surface area (Å²) in [4.78, 5) is 22.7. The number of hydrogen-bond acceptors (Lipinski definition) is 5. The lowest BCUT2D eigenvalue weighted by molar-refractivity contribution is -0.145. The molecule has 0 aliphatic rings. The summed E-state index contributed by atoms with van der Waals surface area (Å²) in [6.07, 6.45) is 0.280. The Balaban J connectivity index is 2.75. The molecule has 0 aromatic heterocycles. The van der Waals surface area contributed by atoms with Gasteiger partial charge in [0.2, 0.25) is 5.91 Å². The number of methoxy groups -OCH3 is 2. The van der Waals surface area contributed by atoms with E-state index >= 15 is 0 Å². The summed E-state index contributed by atoms with van der Waals surface area (Å²) >= 11 is 0. The average molecular weight is 267 g/mol. The van der Waals surface area contributed by atoms with Gasteiger partial charge in [0.1, 0.15) is 18.4 Å². The van der Waals surface area contributed by atoms with Crippen LogP contribution in [0.5, 0.6) is 5.75 Å². The zero-order valence-electron chi connectivity index (χ0n) is 10.9. The highest BCUT2D eigenvalue weighted by Gasteiger charge is 2.21. The normalized spacial score (nSPS) is 11.5. The molecular formula is C13H17NO5. The van der Waals surface area contributed by atoms with E-state index in [9.17, 15) is 9.59 Å². The van der Waals surface area contributed by atoms with E-state index in [-0.39, 0.29) is 6.42 Å². The zero-order chi connectivity index (χ0) is 14.3. The fraction of sp³-hybridized carbons (Fsp3) is 0.385. The first kappa shape index (κ1) is 15.0. The van der Waals surface area contributed by atoms with E-state index in [4.69, 9.17) is 9.84 Å². The Labute approximate surface area is 111 Å². The van der Waals surface area contributed by atoms with Gasteiger partial charge < -0.3 is 19.9 Å². The van der Waals surface area contributed by atoms with Crippen molar-refractivity contribution in [2.75, 3.05) is 20.8 Å². The Hall–Kier alpha value is -2.08. The maximum absolute atomic E-state index is 11.5. The van der Waals surface area contributed by atoms with Gasteiger partial charge in [-0.1, -0.05) is 12.1 Å². The van der Waals surface area contributed by atoms with Crippen molar-refractivity contribution in [3.63, 3.8) is 0 Å². The van der Waals surface area contributed by atoms with Gasteiger partial charge in [0, 0.05) is 6.42 Å². The van der Waals surface area contributed by atoms with Gasteiger partial charge in [-0.2, -0.15) is 0 Å². The number of amides is 1. The number of benzene rings is 1. The monoisotopic (exact) mass is 267 g/mol. The molecule has 1 aromatic rings. The molecule has 0 saturated carbocycles. The Morgan fingerprint density at radius 3 is 2.37 bits per heavy atom. The van der Waals surface area contributed by atoms with E-state index in [0.717, 1.165) is 5.56 Å². The minimum Gasteiger partial charge on any atom is -0.497 e. The minimum atomic E-state index is -0.821. The minimum absolute atomic E-state index is 0.280. The van der Waals surface area contributed by atoms with Gasteiger partial charge >= 0.3 is 5.97 Å². The molecule has 1 atom stereocenters. The SMILES string of the molecule is COC(=O)[C@@H](Cc1ccc(OC)cc1)NC(=O)CO. The van der Waals surface area contributed by atoms with Crippen molar-refractivity contribution in [3.8, 4) is 5.75 Å². The summed E-state index contributed by atoms with van der Waals surface area (Å²) in [6.45, 7) is -0.671. The first-order valence-electron chi connectivity index (χ1n) is 5.71. The van der Waals surface area contributed by atoms with Gasteiger partial charge in [0.05, 0.1) is 14.2 Å². The van der Waals surface area contributed by atoms with Gasteiger partial charge in [0.25, 0.3) is 0 Å². The Morgan fingerprint density at radius 2 is 1.89 bits per heavy atom. The van der Waals surface area contributed by atoms with E-state index < -0.39 is 24.5 Å². The van der Waals surface area contributed by atoms with Gasteiger partial charge in [-0.15, -0.1) is 0 Å². The summed E-state index contributed by atoms with van der Waals surface area (Å²) in [6, 6.07) is 6.28. The second-order valence-corrected chi connectivity index (χ2v) is 3.85. The second-order valence-electron chi connectivity index (χ2n) is 3.85. The van der Waals surface area contributed by atoms with Crippen LogP contribution in [0.3, 0.4) is 0 Å². The number of carbonyl (C=O) groups excluding carboxylic acids is 2. The van der Waals surface area contributed by atoms with E-state index in [1.807, 2.05) is 0 Å². The van der Waals surface area contributed by atoms with Gasteiger partial charge in [0.15, 0.2) is 0 Å². The number of aliphatic hydroxyl groups is 1. The fourth-order valence-corrected chi connectivity index (χ4v) is 1.57. The molecule has 0 bridgehead atoms. The Kier molecular flexibility index (Phi) is 5.81. The summed E-state index contributed by atoms with van der Waals surface area (Å²) in [5, 5.41) is 11.1. The second kappa shape index (κ2) is 7.38. The number of nitrogens with one attached hydrogen (secondary N) is 1. The van der Waals surface area contributed by atoms with E-state index in [2.05, 4.69) is 10.1 Å². The largest absolute Gasteiger partial charge is 0.497 e. The van der Waals surface area contributed by atoms with Crippen LogP contribution < -0.4 is 10.1 Å². The molecular weight excluding hydrogens is 250 g/mol. The van der Waals surface area contributed by atoms with E-state index in [1.165, 1.54) is 7.11 Å². The van der Waals surface area contributed by atoms with Crippen LogP contribution in [0.25, 0.3) is 0 Å². The third-order valence-corrected chi connectivity index (χ3v) is 2.56. The molecule has 2 N–H and O–H groups in total. The third kappa shape index (κ3) is 4.59. The van der Waals surface area contributed by atoms with Crippen LogP contribution in [0.2, 0.25) is 0 Å². The zero-order valence-corrected chi connectivity index (χ0v) is 10.9. The topological polar surface area (TPSA) is 84.9 Å². The lowest BCUT2D eigenvalue weighted by Gasteiger charge is -2.16. The van der Waals surface area contributed by atoms with Crippen LogP contribution in [0.15, 0.2) is 24.3 Å². The Morgan fingerprint density at radius 1 is 1.26 bits per heavy atom. The molecule has 1 rings (SSSR count). The molecule has 0 aliphatic carbocycles. The lowest BCUT2D eigenvalue weighted by atomic mass is 10.1. The summed E-state index contributed by atoms with van der Waals surface area (Å²) in [5.74, 6) is -0.473. The van der Waals surface area contributed by atoms with Crippen molar-refractivity contribution in [3.05, 3.63) is 29.8 Å². The molecule has 0 saturated heterocycles. The smallest absolute Gasteiger partial charge is 0.328 e. The van der Waals surface area contributed by atoms with Crippen molar-refractivity contribution in [1.82, 2.24) is 5.32 Å². The average Bonchev–Trinajstić information content (AvgIpc) is 2.46. The van der Waals surface area contributed by atoms with Crippen molar-refractivity contribution >= 4 is 11.9 Å². The first-order valence-corrected chi connectivity index (χ1v) is 5.71. The highest BCUT2D eigenvalue weighted by Crippen LogP contribution is 2.13. The van der Waals surface area contributed by atoms with Gasteiger partial charge in [-0.25, -0.2) is 4.79 Å². The summed E-state index contributed by atoms with van der Waals surface area (Å²) in [5.41, 5.74) is 0.842. The molecule has 0 unspecified atom stereocenters. The van der Waals surface area contributed by atoms with Crippen LogP contribution >= 0.6 is 0 Å². The molecule has 19 heavy (non-hydrogen) atoms. The van der Waals surface area contributed by atoms with Gasteiger partial charge in [-0.3, -0.25) is 4.79 Å². The summed E-state index contributed by atoms with van der Waals surface area (Å²) < 4.78 is 9.65. The van der Waals surface area contributed by atoms with E-state index in [1.54, 1.807) is 31.4 Å². The molecule has 6 heteroatoms.